The minimum absolute atomic E-state index is 0.126. The van der Waals surface area contributed by atoms with Gasteiger partial charge in [0, 0.05) is 19.8 Å². The number of hydrogen-bond acceptors (Lipinski definition) is 3. The molecule has 1 aromatic rings. The average Bonchev–Trinajstić information content (AvgIpc) is 2.63. The maximum atomic E-state index is 12.1. The molecule has 5 nitrogen and oxygen atoms in total. The Kier molecular flexibility index (Phi) is 4.28. The number of aryl methyl sites for hydroxylation is 1. The lowest BCUT2D eigenvalue weighted by atomic mass is 9.90. The Morgan fingerprint density at radius 1 is 1.65 bits per heavy atom. The molecule has 0 saturated carbocycles. The number of carbonyl (C=O) groups excluding carboxylic acids is 1. The van der Waals surface area contributed by atoms with Crippen LogP contribution in [0.5, 0.6) is 0 Å². The van der Waals surface area contributed by atoms with E-state index in [-0.39, 0.29) is 11.4 Å². The average molecular weight is 238 g/mol. The summed E-state index contributed by atoms with van der Waals surface area (Å²) in [6.07, 6.45) is 2.46. The van der Waals surface area contributed by atoms with Crippen molar-refractivity contribution >= 4 is 5.91 Å². The van der Waals surface area contributed by atoms with Crippen LogP contribution in [0.25, 0.3) is 0 Å². The summed E-state index contributed by atoms with van der Waals surface area (Å²) in [5, 5.41) is 6.97. The number of nitrogens with two attached hydrogens (primary N) is 1. The molecule has 0 fully saturated rings. The maximum absolute atomic E-state index is 12.1. The number of nitrogens with zero attached hydrogens (tertiary/aromatic N) is 2. The van der Waals surface area contributed by atoms with Crippen LogP contribution in [0.2, 0.25) is 0 Å². The first-order valence-electron chi connectivity index (χ1n) is 5.88. The van der Waals surface area contributed by atoms with Crippen LogP contribution in [0.15, 0.2) is 12.3 Å². The minimum Gasteiger partial charge on any atom is -0.344 e. The summed E-state index contributed by atoms with van der Waals surface area (Å²) >= 11 is 0. The SMILES string of the molecule is CC(C)CC(C)(CN)NC(=O)c1ccnn1C. The van der Waals surface area contributed by atoms with Crippen molar-refractivity contribution in [2.75, 3.05) is 6.54 Å². The highest BCUT2D eigenvalue weighted by Crippen LogP contribution is 2.16. The van der Waals surface area contributed by atoms with Crippen molar-refractivity contribution < 1.29 is 4.79 Å². The van der Waals surface area contributed by atoms with E-state index >= 15 is 0 Å². The van der Waals surface area contributed by atoms with Crippen LogP contribution in [-0.2, 0) is 7.05 Å². The van der Waals surface area contributed by atoms with E-state index in [1.165, 1.54) is 0 Å². The summed E-state index contributed by atoms with van der Waals surface area (Å²) in [4.78, 5) is 12.1. The summed E-state index contributed by atoms with van der Waals surface area (Å²) in [6, 6.07) is 1.70. The second-order valence-electron chi connectivity index (χ2n) is 5.16. The van der Waals surface area contributed by atoms with Crippen LogP contribution in [0.1, 0.15) is 37.7 Å². The fourth-order valence-electron chi connectivity index (χ4n) is 2.02. The van der Waals surface area contributed by atoms with Gasteiger partial charge in [-0.05, 0) is 25.3 Å². The summed E-state index contributed by atoms with van der Waals surface area (Å²) in [5.74, 6) is 0.356. The van der Waals surface area contributed by atoms with Gasteiger partial charge in [-0.1, -0.05) is 13.8 Å². The molecule has 0 radical (unpaired) electrons. The second kappa shape index (κ2) is 5.31. The fourth-order valence-corrected chi connectivity index (χ4v) is 2.02. The van der Waals surface area contributed by atoms with Crippen LogP contribution in [-0.4, -0.2) is 27.8 Å². The Balaban J connectivity index is 2.75. The molecule has 0 aromatic carbocycles. The van der Waals surface area contributed by atoms with Gasteiger partial charge < -0.3 is 11.1 Å². The van der Waals surface area contributed by atoms with Gasteiger partial charge in [-0.2, -0.15) is 5.10 Å². The highest BCUT2D eigenvalue weighted by atomic mass is 16.2. The van der Waals surface area contributed by atoms with Gasteiger partial charge in [0.15, 0.2) is 0 Å². The Labute approximate surface area is 102 Å². The van der Waals surface area contributed by atoms with E-state index in [2.05, 4.69) is 24.3 Å². The molecule has 1 amide bonds. The van der Waals surface area contributed by atoms with Gasteiger partial charge in [0.1, 0.15) is 5.69 Å². The Morgan fingerprint density at radius 2 is 2.29 bits per heavy atom. The van der Waals surface area contributed by atoms with E-state index in [4.69, 9.17) is 5.73 Å². The van der Waals surface area contributed by atoms with Gasteiger partial charge >= 0.3 is 0 Å². The molecule has 1 aromatic heterocycles. The second-order valence-corrected chi connectivity index (χ2v) is 5.16. The molecule has 1 unspecified atom stereocenters. The molecule has 0 aliphatic rings. The Hall–Kier alpha value is -1.36. The number of rotatable bonds is 5. The van der Waals surface area contributed by atoms with Gasteiger partial charge in [0.25, 0.3) is 5.91 Å². The van der Waals surface area contributed by atoms with Crippen molar-refractivity contribution in [1.29, 1.82) is 0 Å². The quantitative estimate of drug-likeness (QED) is 0.801. The first-order valence-corrected chi connectivity index (χ1v) is 5.88. The number of aromatic nitrogens is 2. The highest BCUT2D eigenvalue weighted by molar-refractivity contribution is 5.92. The molecule has 0 bridgehead atoms. The van der Waals surface area contributed by atoms with E-state index < -0.39 is 0 Å². The molecule has 0 saturated heterocycles. The summed E-state index contributed by atoms with van der Waals surface area (Å²) in [6.45, 7) is 6.63. The molecule has 17 heavy (non-hydrogen) atoms. The van der Waals surface area contributed by atoms with Crippen LogP contribution in [0.4, 0.5) is 0 Å². The zero-order chi connectivity index (χ0) is 13.1. The normalized spacial score (nSPS) is 14.7. The van der Waals surface area contributed by atoms with Crippen LogP contribution in [0.3, 0.4) is 0 Å². The molecular weight excluding hydrogens is 216 g/mol. The third-order valence-electron chi connectivity index (χ3n) is 2.78. The van der Waals surface area contributed by atoms with Crippen molar-refractivity contribution in [3.63, 3.8) is 0 Å². The van der Waals surface area contributed by atoms with Gasteiger partial charge in [0.05, 0.1) is 5.54 Å². The largest absolute Gasteiger partial charge is 0.344 e. The smallest absolute Gasteiger partial charge is 0.270 e. The lowest BCUT2D eigenvalue weighted by Gasteiger charge is -2.31. The first kappa shape index (κ1) is 13.7. The Bertz CT molecular complexity index is 386. The van der Waals surface area contributed by atoms with E-state index in [0.717, 1.165) is 6.42 Å². The van der Waals surface area contributed by atoms with Gasteiger partial charge in [0.2, 0.25) is 0 Å². The minimum atomic E-state index is -0.366. The van der Waals surface area contributed by atoms with Crippen LogP contribution >= 0.6 is 0 Å². The van der Waals surface area contributed by atoms with Crippen molar-refractivity contribution in [2.45, 2.75) is 32.7 Å². The molecule has 0 spiro atoms. The number of carbonyl (C=O) groups is 1. The molecule has 1 rings (SSSR count). The summed E-state index contributed by atoms with van der Waals surface area (Å²) in [5.41, 5.74) is 5.94. The highest BCUT2D eigenvalue weighted by Gasteiger charge is 2.27. The number of hydrogen-bond donors (Lipinski definition) is 2. The van der Waals surface area contributed by atoms with Crippen LogP contribution < -0.4 is 11.1 Å². The number of nitrogens with one attached hydrogen (secondary N) is 1. The summed E-state index contributed by atoms with van der Waals surface area (Å²) < 4.78 is 1.56. The van der Waals surface area contributed by atoms with Crippen molar-refractivity contribution in [3.05, 3.63) is 18.0 Å². The predicted octanol–water partition coefficient (Wildman–Crippen LogP) is 0.913. The van der Waals surface area contributed by atoms with Crippen molar-refractivity contribution in [2.24, 2.45) is 18.7 Å². The van der Waals surface area contributed by atoms with Crippen LogP contribution in [0, 0.1) is 5.92 Å². The third kappa shape index (κ3) is 3.56. The molecular formula is C12H22N4O. The number of amides is 1. The fraction of sp³-hybridized carbons (Fsp3) is 0.667. The zero-order valence-corrected chi connectivity index (χ0v) is 11.0. The summed E-state index contributed by atoms with van der Waals surface area (Å²) in [7, 11) is 1.75. The van der Waals surface area contributed by atoms with Gasteiger partial charge in [-0.25, -0.2) is 0 Å². The predicted molar refractivity (Wildman–Crippen MR) is 67.6 cm³/mol. The van der Waals surface area contributed by atoms with Gasteiger partial charge in [-0.15, -0.1) is 0 Å². The maximum Gasteiger partial charge on any atom is 0.270 e. The van der Waals surface area contributed by atoms with Gasteiger partial charge in [-0.3, -0.25) is 9.48 Å². The molecule has 1 heterocycles. The molecule has 3 N–H and O–H groups in total. The van der Waals surface area contributed by atoms with E-state index in [0.29, 0.717) is 18.2 Å². The molecule has 1 atom stereocenters. The molecule has 0 aliphatic carbocycles. The zero-order valence-electron chi connectivity index (χ0n) is 11.0. The van der Waals surface area contributed by atoms with E-state index in [1.54, 1.807) is 24.0 Å². The lowest BCUT2D eigenvalue weighted by Crippen LogP contribution is -2.52. The first-order chi connectivity index (χ1) is 7.88. The van der Waals surface area contributed by atoms with E-state index in [9.17, 15) is 4.79 Å². The lowest BCUT2D eigenvalue weighted by molar-refractivity contribution is 0.0888. The van der Waals surface area contributed by atoms with E-state index in [1.807, 2.05) is 6.92 Å². The van der Waals surface area contributed by atoms with Crippen molar-refractivity contribution in [1.82, 2.24) is 15.1 Å². The topological polar surface area (TPSA) is 72.9 Å². The molecule has 5 heteroatoms. The Morgan fingerprint density at radius 3 is 2.71 bits per heavy atom. The molecule has 96 valence electrons. The standard InChI is InChI=1S/C12H22N4O/c1-9(2)7-12(3,8-13)15-11(17)10-5-6-14-16(10)4/h5-6,9H,7-8,13H2,1-4H3,(H,15,17). The monoisotopic (exact) mass is 238 g/mol. The van der Waals surface area contributed by atoms with Crippen molar-refractivity contribution in [3.8, 4) is 0 Å². The molecule has 0 aliphatic heterocycles. The third-order valence-corrected chi connectivity index (χ3v) is 2.78.